The van der Waals surface area contributed by atoms with E-state index < -0.39 is 0 Å². The third kappa shape index (κ3) is 2.01. The first-order valence-corrected chi connectivity index (χ1v) is 5.80. The molecule has 2 rings (SSSR count). The summed E-state index contributed by atoms with van der Waals surface area (Å²) < 4.78 is 2.15. The third-order valence-corrected chi connectivity index (χ3v) is 3.32. The first-order chi connectivity index (χ1) is 6.65. The summed E-state index contributed by atoms with van der Waals surface area (Å²) in [5.74, 6) is 0.156. The number of carbonyl (C=O) groups excluding carboxylic acids is 1. The van der Waals surface area contributed by atoms with Crippen LogP contribution in [0.4, 0.5) is 0 Å². The third-order valence-electron chi connectivity index (χ3n) is 1.79. The molecule has 0 bridgehead atoms. The number of Topliss-reactive ketones (excluding diaryl/α,β-unsaturated/α-hetero) is 1. The number of nitrogens with zero attached hydrogens (tertiary/aromatic N) is 1. The summed E-state index contributed by atoms with van der Waals surface area (Å²) in [7, 11) is 0. The van der Waals surface area contributed by atoms with Crippen molar-refractivity contribution in [3.63, 3.8) is 0 Å². The fourth-order valence-corrected chi connectivity index (χ4v) is 2.60. The molecule has 72 valence electrons. The van der Waals surface area contributed by atoms with E-state index in [1.54, 1.807) is 18.3 Å². The van der Waals surface area contributed by atoms with E-state index in [4.69, 9.17) is 0 Å². The zero-order valence-corrected chi connectivity index (χ0v) is 9.98. The van der Waals surface area contributed by atoms with Gasteiger partial charge in [0.25, 0.3) is 0 Å². The summed E-state index contributed by atoms with van der Waals surface area (Å²) in [6, 6.07) is 5.97. The zero-order valence-electron chi connectivity index (χ0n) is 7.58. The maximum absolute atomic E-state index is 10.9. The number of halogens is 1. The smallest absolute Gasteiger partial charge is 0.136 e. The van der Waals surface area contributed by atoms with E-state index >= 15 is 0 Å². The van der Waals surface area contributed by atoms with Gasteiger partial charge in [0, 0.05) is 4.47 Å². The minimum Gasteiger partial charge on any atom is -0.300 e. The van der Waals surface area contributed by atoms with Crippen LogP contribution in [0.5, 0.6) is 0 Å². The normalized spacial score (nSPS) is 10.7. The Balaban J connectivity index is 2.46. The number of thiazole rings is 1. The molecule has 4 heteroatoms. The van der Waals surface area contributed by atoms with Crippen LogP contribution in [0, 0.1) is 0 Å². The number of benzene rings is 1. The number of rotatable bonds is 2. The van der Waals surface area contributed by atoms with Crippen molar-refractivity contribution in [3.05, 3.63) is 27.7 Å². The van der Waals surface area contributed by atoms with E-state index in [2.05, 4.69) is 20.9 Å². The molecule has 14 heavy (non-hydrogen) atoms. The van der Waals surface area contributed by atoms with Gasteiger partial charge in [0.05, 0.1) is 16.6 Å². The van der Waals surface area contributed by atoms with E-state index in [9.17, 15) is 4.79 Å². The van der Waals surface area contributed by atoms with Crippen LogP contribution in [-0.2, 0) is 11.2 Å². The summed E-state index contributed by atoms with van der Waals surface area (Å²) >= 11 is 4.97. The molecule has 0 saturated carbocycles. The first-order valence-electron chi connectivity index (χ1n) is 4.19. The van der Waals surface area contributed by atoms with Crippen LogP contribution in [0.25, 0.3) is 10.2 Å². The molecule has 0 aliphatic carbocycles. The molecule has 0 spiro atoms. The molecular formula is C10H8BrNOS. The molecule has 0 saturated heterocycles. The van der Waals surface area contributed by atoms with Gasteiger partial charge in [-0.15, -0.1) is 11.3 Å². The quantitative estimate of drug-likeness (QED) is 0.838. The number of aromatic nitrogens is 1. The summed E-state index contributed by atoms with van der Waals surface area (Å²) in [6.45, 7) is 1.59. The Morgan fingerprint density at radius 1 is 1.57 bits per heavy atom. The Morgan fingerprint density at radius 2 is 2.36 bits per heavy atom. The topological polar surface area (TPSA) is 30.0 Å². The molecule has 2 aromatic rings. The lowest BCUT2D eigenvalue weighted by Crippen LogP contribution is -1.94. The minimum absolute atomic E-state index is 0.156. The highest BCUT2D eigenvalue weighted by Gasteiger charge is 2.05. The fraction of sp³-hybridized carbons (Fsp3) is 0.200. The molecule has 1 aromatic carbocycles. The molecule has 0 atom stereocenters. The van der Waals surface area contributed by atoms with Crippen molar-refractivity contribution in [2.24, 2.45) is 0 Å². The van der Waals surface area contributed by atoms with Crippen molar-refractivity contribution in [2.75, 3.05) is 0 Å². The lowest BCUT2D eigenvalue weighted by atomic mass is 10.3. The van der Waals surface area contributed by atoms with Crippen LogP contribution < -0.4 is 0 Å². The molecule has 1 heterocycles. The lowest BCUT2D eigenvalue weighted by molar-refractivity contribution is -0.116. The summed E-state index contributed by atoms with van der Waals surface area (Å²) in [6.07, 6.45) is 0.441. The van der Waals surface area contributed by atoms with Crippen molar-refractivity contribution in [2.45, 2.75) is 13.3 Å². The maximum Gasteiger partial charge on any atom is 0.136 e. The standard InChI is InChI=1S/C10H8BrNOS/c1-6(13)4-10-12-8-5-7(11)2-3-9(8)14-10/h2-3,5H,4H2,1H3. The predicted octanol–water partition coefficient (Wildman–Crippen LogP) is 3.19. The van der Waals surface area contributed by atoms with Crippen LogP contribution in [-0.4, -0.2) is 10.8 Å². The van der Waals surface area contributed by atoms with Crippen molar-refractivity contribution in [1.29, 1.82) is 0 Å². The highest BCUT2D eigenvalue weighted by molar-refractivity contribution is 9.10. The van der Waals surface area contributed by atoms with Gasteiger partial charge in [-0.25, -0.2) is 4.98 Å². The Morgan fingerprint density at radius 3 is 3.07 bits per heavy atom. The van der Waals surface area contributed by atoms with Gasteiger partial charge >= 0.3 is 0 Å². The molecule has 1 aromatic heterocycles. The molecule has 0 radical (unpaired) electrons. The minimum atomic E-state index is 0.156. The molecule has 2 nitrogen and oxygen atoms in total. The van der Waals surface area contributed by atoms with E-state index in [0.29, 0.717) is 6.42 Å². The molecule has 0 fully saturated rings. The predicted molar refractivity (Wildman–Crippen MR) is 61.7 cm³/mol. The molecule has 0 aliphatic rings. The number of hydrogen-bond donors (Lipinski definition) is 0. The molecule has 0 N–H and O–H groups in total. The van der Waals surface area contributed by atoms with Gasteiger partial charge < -0.3 is 0 Å². The van der Waals surface area contributed by atoms with Gasteiger partial charge in [-0.2, -0.15) is 0 Å². The Kier molecular flexibility index (Phi) is 2.65. The Labute approximate surface area is 94.1 Å². The second-order valence-electron chi connectivity index (χ2n) is 3.10. The summed E-state index contributed by atoms with van der Waals surface area (Å²) in [5.41, 5.74) is 0.959. The van der Waals surface area contributed by atoms with E-state index in [1.807, 2.05) is 18.2 Å². The second-order valence-corrected chi connectivity index (χ2v) is 5.13. The number of carbonyl (C=O) groups is 1. The average molecular weight is 270 g/mol. The van der Waals surface area contributed by atoms with Crippen molar-refractivity contribution in [3.8, 4) is 0 Å². The summed E-state index contributed by atoms with van der Waals surface area (Å²) in [5, 5.41) is 0.894. The van der Waals surface area contributed by atoms with Crippen molar-refractivity contribution < 1.29 is 4.79 Å². The molecule has 0 aliphatic heterocycles. The number of hydrogen-bond acceptors (Lipinski definition) is 3. The first kappa shape index (κ1) is 9.80. The van der Waals surface area contributed by atoms with Crippen LogP contribution >= 0.6 is 27.3 Å². The molecule has 0 unspecified atom stereocenters. The van der Waals surface area contributed by atoms with Gasteiger partial charge in [-0.3, -0.25) is 4.79 Å². The highest BCUT2D eigenvalue weighted by atomic mass is 79.9. The van der Waals surface area contributed by atoms with Crippen LogP contribution in [0.2, 0.25) is 0 Å². The largest absolute Gasteiger partial charge is 0.300 e. The van der Waals surface area contributed by atoms with Crippen LogP contribution in [0.1, 0.15) is 11.9 Å². The van der Waals surface area contributed by atoms with Gasteiger partial charge in [-0.1, -0.05) is 15.9 Å². The Hall–Kier alpha value is -0.740. The van der Waals surface area contributed by atoms with Crippen molar-refractivity contribution in [1.82, 2.24) is 4.98 Å². The monoisotopic (exact) mass is 269 g/mol. The second kappa shape index (κ2) is 3.79. The van der Waals surface area contributed by atoms with E-state index in [-0.39, 0.29) is 5.78 Å². The summed E-state index contributed by atoms with van der Waals surface area (Å²) in [4.78, 5) is 15.3. The average Bonchev–Trinajstić information content (AvgIpc) is 2.44. The number of fused-ring (bicyclic) bond motifs is 1. The fourth-order valence-electron chi connectivity index (χ4n) is 1.24. The zero-order chi connectivity index (χ0) is 10.1. The molecular weight excluding hydrogens is 262 g/mol. The maximum atomic E-state index is 10.9. The van der Waals surface area contributed by atoms with Gasteiger partial charge in [0.2, 0.25) is 0 Å². The van der Waals surface area contributed by atoms with Crippen LogP contribution in [0.15, 0.2) is 22.7 Å². The van der Waals surface area contributed by atoms with Gasteiger partial charge in [0.15, 0.2) is 0 Å². The lowest BCUT2D eigenvalue weighted by Gasteiger charge is -1.87. The van der Waals surface area contributed by atoms with Crippen LogP contribution in [0.3, 0.4) is 0 Å². The highest BCUT2D eigenvalue weighted by Crippen LogP contribution is 2.25. The van der Waals surface area contributed by atoms with E-state index in [0.717, 1.165) is 19.7 Å². The van der Waals surface area contributed by atoms with Crippen molar-refractivity contribution >= 4 is 43.3 Å². The molecule has 0 amide bonds. The van der Waals surface area contributed by atoms with Gasteiger partial charge in [-0.05, 0) is 25.1 Å². The number of ketones is 1. The SMILES string of the molecule is CC(=O)Cc1nc2cc(Br)ccc2s1. The van der Waals surface area contributed by atoms with Gasteiger partial charge in [0.1, 0.15) is 10.8 Å². The van der Waals surface area contributed by atoms with E-state index in [1.165, 1.54) is 0 Å². The Bertz CT molecular complexity index is 492.